The highest BCUT2D eigenvalue weighted by atomic mass is 35.5. The number of halogens is 1. The summed E-state index contributed by atoms with van der Waals surface area (Å²) in [5.74, 6) is 0.728. The molecule has 10 nitrogen and oxygen atoms in total. The Bertz CT molecular complexity index is 1470. The molecule has 38 heavy (non-hydrogen) atoms. The molecular formula is C27H27ClN10. The van der Waals surface area contributed by atoms with Gasteiger partial charge in [0.15, 0.2) is 0 Å². The largest absolute Gasteiger partial charge is 0.385 e. The second-order valence-electron chi connectivity index (χ2n) is 9.72. The maximum Gasteiger partial charge on any atom is 0.140 e. The van der Waals surface area contributed by atoms with Gasteiger partial charge in [-0.05, 0) is 41.0 Å². The van der Waals surface area contributed by atoms with Crippen LogP contribution in [0.4, 0.5) is 5.82 Å². The van der Waals surface area contributed by atoms with Crippen LogP contribution in [0.5, 0.6) is 0 Å². The number of rotatable bonds is 5. The minimum atomic E-state index is -0.532. The fourth-order valence-electron chi connectivity index (χ4n) is 5.23. The van der Waals surface area contributed by atoms with Gasteiger partial charge in [0.1, 0.15) is 23.6 Å². The van der Waals surface area contributed by atoms with E-state index < -0.39 is 5.92 Å². The van der Waals surface area contributed by atoms with Crippen LogP contribution in [0.25, 0.3) is 11.1 Å². The summed E-state index contributed by atoms with van der Waals surface area (Å²) in [4.78, 5) is 13.7. The Hall–Kier alpha value is -4.20. The molecule has 2 N–H and O–H groups in total. The summed E-state index contributed by atoms with van der Waals surface area (Å²) in [5.41, 5.74) is 11.1. The lowest BCUT2D eigenvalue weighted by atomic mass is 9.86. The Morgan fingerprint density at radius 1 is 1.11 bits per heavy atom. The van der Waals surface area contributed by atoms with E-state index in [1.807, 2.05) is 44.1 Å². The lowest BCUT2D eigenvalue weighted by Crippen LogP contribution is -2.46. The van der Waals surface area contributed by atoms with E-state index >= 15 is 0 Å². The number of pyridine rings is 2. The van der Waals surface area contributed by atoms with Gasteiger partial charge in [-0.1, -0.05) is 11.6 Å². The van der Waals surface area contributed by atoms with E-state index in [9.17, 15) is 5.26 Å². The maximum atomic E-state index is 9.83. The lowest BCUT2D eigenvalue weighted by Gasteiger charge is -2.35. The summed E-state index contributed by atoms with van der Waals surface area (Å²) < 4.78 is 1.76. The normalized spacial score (nSPS) is 21.4. The van der Waals surface area contributed by atoms with E-state index in [2.05, 4.69) is 49.3 Å². The quantitative estimate of drug-likeness (QED) is 0.539. The molecule has 1 fully saturated rings. The van der Waals surface area contributed by atoms with Gasteiger partial charge in [-0.2, -0.15) is 15.5 Å². The fourth-order valence-corrected chi connectivity index (χ4v) is 5.43. The third-order valence-electron chi connectivity index (χ3n) is 7.17. The molecule has 0 aromatic carbocycles. The molecule has 0 bridgehead atoms. The molecule has 0 aliphatic carbocycles. The molecule has 3 aromatic heterocycles. The topological polar surface area (TPSA) is 115 Å². The Morgan fingerprint density at radius 2 is 1.95 bits per heavy atom. The molecular weight excluding hydrogens is 500 g/mol. The molecule has 1 saturated heterocycles. The second kappa shape index (κ2) is 9.93. The van der Waals surface area contributed by atoms with Crippen LogP contribution in [0.15, 0.2) is 66.6 Å². The minimum Gasteiger partial charge on any atom is -0.385 e. The number of allylic oxidation sites excluding steroid dienone is 2. The Morgan fingerprint density at radius 3 is 2.63 bits per heavy atom. The van der Waals surface area contributed by atoms with Crippen LogP contribution >= 0.6 is 11.6 Å². The molecule has 0 saturated carbocycles. The van der Waals surface area contributed by atoms with E-state index in [4.69, 9.17) is 22.3 Å². The van der Waals surface area contributed by atoms with Crippen molar-refractivity contribution in [1.29, 1.82) is 5.26 Å². The van der Waals surface area contributed by atoms with E-state index in [0.717, 1.165) is 66.4 Å². The number of nitrogens with zero attached hydrogens (tertiary/aromatic N) is 9. The monoisotopic (exact) mass is 526 g/mol. The molecule has 2 atom stereocenters. The van der Waals surface area contributed by atoms with Crippen molar-refractivity contribution in [2.24, 2.45) is 23.8 Å². The fraction of sp³-hybridized carbons (Fsp3) is 0.296. The molecule has 11 heteroatoms. The summed E-state index contributed by atoms with van der Waals surface area (Å²) in [6, 6.07) is 8.14. The number of hydrogen-bond donors (Lipinski definition) is 1. The van der Waals surface area contributed by atoms with Crippen LogP contribution in [0.3, 0.4) is 0 Å². The van der Waals surface area contributed by atoms with Crippen LogP contribution in [-0.4, -0.2) is 67.7 Å². The molecule has 0 amide bonds. The van der Waals surface area contributed by atoms with Gasteiger partial charge in [-0.15, -0.1) is 0 Å². The van der Waals surface area contributed by atoms with Crippen LogP contribution in [0.2, 0.25) is 5.02 Å². The summed E-state index contributed by atoms with van der Waals surface area (Å²) in [6.07, 6.45) is 13.2. The van der Waals surface area contributed by atoms with Gasteiger partial charge in [0, 0.05) is 81.9 Å². The number of fused-ring (bicyclic) bond motifs is 1. The van der Waals surface area contributed by atoms with Crippen molar-refractivity contribution < 1.29 is 0 Å². The van der Waals surface area contributed by atoms with E-state index in [0.29, 0.717) is 10.9 Å². The number of nitriles is 1. The minimum absolute atomic E-state index is 0.294. The van der Waals surface area contributed by atoms with Crippen LogP contribution in [-0.2, 0) is 13.6 Å². The molecule has 6 heterocycles. The summed E-state index contributed by atoms with van der Waals surface area (Å²) in [7, 11) is 1.88. The SMILES string of the molecule is Cn1cc(C2=CN3N=C(N)C(C#N)C3C(c3ccc(N4CCN(Cc5cncc(Cl)c5)CC4)nc3)=C2)cn1. The number of anilines is 1. The first-order valence-corrected chi connectivity index (χ1v) is 12.8. The van der Waals surface area contributed by atoms with E-state index in [1.54, 1.807) is 15.9 Å². The predicted molar refractivity (Wildman–Crippen MR) is 146 cm³/mol. The summed E-state index contributed by atoms with van der Waals surface area (Å²) in [5, 5.41) is 21.1. The number of hydrogen-bond acceptors (Lipinski definition) is 9. The molecule has 6 rings (SSSR count). The van der Waals surface area contributed by atoms with E-state index in [1.165, 1.54) is 0 Å². The van der Waals surface area contributed by atoms with Crippen molar-refractivity contribution >= 4 is 34.4 Å². The van der Waals surface area contributed by atoms with Crippen molar-refractivity contribution in [1.82, 2.24) is 29.7 Å². The van der Waals surface area contributed by atoms with Gasteiger partial charge < -0.3 is 10.6 Å². The first kappa shape index (κ1) is 24.2. The van der Waals surface area contributed by atoms with Crippen LogP contribution in [0.1, 0.15) is 16.7 Å². The zero-order chi connectivity index (χ0) is 26.2. The highest BCUT2D eigenvalue weighted by Gasteiger charge is 2.41. The van der Waals surface area contributed by atoms with Gasteiger partial charge >= 0.3 is 0 Å². The van der Waals surface area contributed by atoms with Crippen molar-refractivity contribution in [2.75, 3.05) is 31.1 Å². The van der Waals surface area contributed by atoms with Crippen molar-refractivity contribution in [3.63, 3.8) is 0 Å². The van der Waals surface area contributed by atoms with Gasteiger partial charge in [0.2, 0.25) is 0 Å². The third kappa shape index (κ3) is 4.62. The second-order valence-corrected chi connectivity index (χ2v) is 10.2. The van der Waals surface area contributed by atoms with Gasteiger partial charge in [-0.25, -0.2) is 4.98 Å². The zero-order valence-electron chi connectivity index (χ0n) is 20.9. The zero-order valence-corrected chi connectivity index (χ0v) is 21.7. The highest BCUT2D eigenvalue weighted by Crippen LogP contribution is 2.39. The number of piperazine rings is 1. The van der Waals surface area contributed by atoms with Crippen molar-refractivity contribution in [3.8, 4) is 6.07 Å². The maximum absolute atomic E-state index is 9.83. The molecule has 192 valence electrons. The Labute approximate surface area is 225 Å². The van der Waals surface area contributed by atoms with Gasteiger partial charge in [-0.3, -0.25) is 19.6 Å². The number of aromatic nitrogens is 4. The van der Waals surface area contributed by atoms with Crippen LogP contribution < -0.4 is 10.6 Å². The average molecular weight is 527 g/mol. The average Bonchev–Trinajstić information content (AvgIpc) is 3.50. The molecule has 2 unspecified atom stereocenters. The molecule has 3 aliphatic rings. The molecule has 0 radical (unpaired) electrons. The Balaban J connectivity index is 1.20. The smallest absolute Gasteiger partial charge is 0.140 e. The van der Waals surface area contributed by atoms with Crippen molar-refractivity contribution in [2.45, 2.75) is 12.6 Å². The lowest BCUT2D eigenvalue weighted by molar-refractivity contribution is 0.249. The molecule has 3 aliphatic heterocycles. The van der Waals surface area contributed by atoms with Gasteiger partial charge in [0.05, 0.1) is 17.3 Å². The number of nitrogens with two attached hydrogens (primary N) is 1. The standard InChI is InChI=1S/C27H27ClN10/c1-35-16-21(13-33-35)20-9-23(26-24(10-29)27(30)34-38(26)17-20)19-2-3-25(32-12-19)37-6-4-36(5-7-37)15-18-8-22(28)14-31-11-18/h2-3,8-9,11-14,16-17,24,26H,4-7,15H2,1H3,(H2,30,34). The Kier molecular flexibility index (Phi) is 6.31. The summed E-state index contributed by atoms with van der Waals surface area (Å²) in [6.45, 7) is 4.45. The predicted octanol–water partition coefficient (Wildman–Crippen LogP) is 2.72. The van der Waals surface area contributed by atoms with E-state index in [-0.39, 0.29) is 6.04 Å². The van der Waals surface area contributed by atoms with Crippen LogP contribution in [0, 0.1) is 17.2 Å². The molecule has 0 spiro atoms. The number of aryl methyl sites for hydroxylation is 1. The first-order chi connectivity index (χ1) is 18.5. The molecule has 3 aromatic rings. The number of hydrazone groups is 1. The van der Waals surface area contributed by atoms with Crippen molar-refractivity contribution in [3.05, 3.63) is 83.2 Å². The first-order valence-electron chi connectivity index (χ1n) is 12.5. The highest BCUT2D eigenvalue weighted by molar-refractivity contribution is 6.30. The third-order valence-corrected chi connectivity index (χ3v) is 7.38. The number of amidine groups is 1. The summed E-state index contributed by atoms with van der Waals surface area (Å²) >= 11 is 6.09. The van der Waals surface area contributed by atoms with Gasteiger partial charge in [0.25, 0.3) is 0 Å².